The maximum Gasteiger partial charge on any atom is 0.242 e. The van der Waals surface area contributed by atoms with E-state index in [1.54, 1.807) is 18.2 Å². The molecule has 1 unspecified atom stereocenters. The monoisotopic (exact) mass is 344 g/mol. The Kier molecular flexibility index (Phi) is 7.38. The largest absolute Gasteiger partial charge is 0.355 e. The predicted octanol–water partition coefficient (Wildman–Crippen LogP) is 2.08. The van der Waals surface area contributed by atoms with E-state index >= 15 is 0 Å². The maximum absolute atomic E-state index is 12.1. The summed E-state index contributed by atoms with van der Waals surface area (Å²) >= 11 is 1.50. The summed E-state index contributed by atoms with van der Waals surface area (Å²) < 4.78 is 25.4. The average Bonchev–Trinajstić information content (AvgIpc) is 2.50. The van der Waals surface area contributed by atoms with Crippen LogP contribution >= 0.6 is 11.8 Å². The van der Waals surface area contributed by atoms with Crippen molar-refractivity contribution in [3.05, 3.63) is 29.8 Å². The number of hydrogen-bond acceptors (Lipinski definition) is 4. The van der Waals surface area contributed by atoms with Crippen molar-refractivity contribution in [3.8, 4) is 0 Å². The summed E-state index contributed by atoms with van der Waals surface area (Å²) in [5.74, 6) is 0.612. The summed E-state index contributed by atoms with van der Waals surface area (Å²) in [5.41, 5.74) is 0.892. The summed E-state index contributed by atoms with van der Waals surface area (Å²) in [4.78, 5) is 12.1. The van der Waals surface area contributed by atoms with E-state index in [9.17, 15) is 13.2 Å². The minimum atomic E-state index is -3.42. The number of carbonyl (C=O) groups is 1. The number of nitrogens with one attached hydrogen (secondary N) is 1. The number of carbonyl (C=O) groups excluding carboxylic acids is 1. The van der Waals surface area contributed by atoms with Crippen molar-refractivity contribution in [2.75, 3.05) is 20.6 Å². The lowest BCUT2D eigenvalue weighted by Gasteiger charge is -2.14. The van der Waals surface area contributed by atoms with Gasteiger partial charge in [0.05, 0.1) is 10.1 Å². The number of amides is 1. The van der Waals surface area contributed by atoms with E-state index in [2.05, 4.69) is 5.32 Å². The highest BCUT2D eigenvalue weighted by molar-refractivity contribution is 7.99. The Morgan fingerprint density at radius 3 is 2.64 bits per heavy atom. The molecular weight excluding hydrogens is 320 g/mol. The maximum atomic E-state index is 12.1. The first-order chi connectivity index (χ1) is 10.3. The van der Waals surface area contributed by atoms with Crippen molar-refractivity contribution in [2.45, 2.75) is 36.2 Å². The molecule has 0 fully saturated rings. The highest BCUT2D eigenvalue weighted by Crippen LogP contribution is 2.21. The van der Waals surface area contributed by atoms with Gasteiger partial charge in [-0.1, -0.05) is 19.1 Å². The van der Waals surface area contributed by atoms with Crippen LogP contribution < -0.4 is 5.32 Å². The second-order valence-corrected chi connectivity index (χ2v) is 8.66. The van der Waals surface area contributed by atoms with Gasteiger partial charge in [0.1, 0.15) is 0 Å². The minimum absolute atomic E-state index is 0.0175. The van der Waals surface area contributed by atoms with Crippen LogP contribution in [0.2, 0.25) is 0 Å². The number of thioether (sulfide) groups is 1. The third kappa shape index (κ3) is 5.30. The summed E-state index contributed by atoms with van der Waals surface area (Å²) in [6.07, 6.45) is 0.910. The van der Waals surface area contributed by atoms with Gasteiger partial charge in [-0.15, -0.1) is 11.8 Å². The van der Waals surface area contributed by atoms with Gasteiger partial charge in [-0.3, -0.25) is 4.79 Å². The minimum Gasteiger partial charge on any atom is -0.355 e. The Balaban J connectivity index is 2.70. The second kappa shape index (κ2) is 8.55. The first kappa shape index (κ1) is 19.0. The molecule has 0 aromatic heterocycles. The topological polar surface area (TPSA) is 66.5 Å². The van der Waals surface area contributed by atoms with Crippen molar-refractivity contribution < 1.29 is 13.2 Å². The number of hydrogen-bond donors (Lipinski definition) is 1. The molecular formula is C15H24N2O3S2. The van der Waals surface area contributed by atoms with Crippen LogP contribution in [-0.2, 0) is 20.6 Å². The molecule has 0 heterocycles. The Hall–Kier alpha value is -1.05. The lowest BCUT2D eigenvalue weighted by molar-refractivity contribution is -0.120. The molecule has 0 aliphatic heterocycles. The van der Waals surface area contributed by atoms with E-state index in [1.807, 2.05) is 19.9 Å². The van der Waals surface area contributed by atoms with Gasteiger partial charge in [-0.25, -0.2) is 12.7 Å². The summed E-state index contributed by atoms with van der Waals surface area (Å²) in [6, 6.07) is 6.85. The molecule has 1 atom stereocenters. The molecule has 0 aliphatic rings. The van der Waals surface area contributed by atoms with Crippen LogP contribution in [0.15, 0.2) is 29.2 Å². The van der Waals surface area contributed by atoms with Gasteiger partial charge in [0.25, 0.3) is 0 Å². The Bertz CT molecular complexity index is 601. The van der Waals surface area contributed by atoms with Crippen molar-refractivity contribution in [3.63, 3.8) is 0 Å². The molecule has 1 rings (SSSR count). The summed E-state index contributed by atoms with van der Waals surface area (Å²) in [6.45, 7) is 4.55. The fraction of sp³-hybridized carbons (Fsp3) is 0.533. The molecule has 1 aromatic carbocycles. The third-order valence-electron chi connectivity index (χ3n) is 3.10. The molecule has 1 amide bonds. The van der Waals surface area contributed by atoms with E-state index in [0.29, 0.717) is 12.3 Å². The Labute approximate surface area is 137 Å². The van der Waals surface area contributed by atoms with Crippen LogP contribution in [0.3, 0.4) is 0 Å². The highest BCUT2D eigenvalue weighted by atomic mass is 32.2. The van der Waals surface area contributed by atoms with Crippen molar-refractivity contribution >= 4 is 27.7 Å². The van der Waals surface area contributed by atoms with Gasteiger partial charge in [-0.05, 0) is 31.0 Å². The molecule has 1 aromatic rings. The molecule has 7 heteroatoms. The van der Waals surface area contributed by atoms with E-state index in [-0.39, 0.29) is 16.1 Å². The van der Waals surface area contributed by atoms with E-state index < -0.39 is 10.0 Å². The zero-order valence-electron chi connectivity index (χ0n) is 13.5. The standard InChI is InChI=1S/C15H24N2O3S2/c1-5-9-16-15(18)12(2)21-11-13-7-6-8-14(10-13)22(19,20)17(3)4/h6-8,10,12H,5,9,11H2,1-4H3,(H,16,18). The van der Waals surface area contributed by atoms with Gasteiger partial charge in [-0.2, -0.15) is 0 Å². The molecule has 5 nitrogen and oxygen atoms in total. The van der Waals surface area contributed by atoms with Gasteiger partial charge >= 0.3 is 0 Å². The molecule has 0 saturated carbocycles. The number of benzene rings is 1. The Morgan fingerprint density at radius 1 is 1.36 bits per heavy atom. The lowest BCUT2D eigenvalue weighted by Crippen LogP contribution is -2.31. The number of sulfonamides is 1. The molecule has 124 valence electrons. The normalized spacial score (nSPS) is 13.1. The van der Waals surface area contributed by atoms with Crippen molar-refractivity contribution in [1.29, 1.82) is 0 Å². The zero-order chi connectivity index (χ0) is 16.8. The molecule has 0 radical (unpaired) electrons. The van der Waals surface area contributed by atoms with Crippen LogP contribution in [0.5, 0.6) is 0 Å². The molecule has 1 N–H and O–H groups in total. The highest BCUT2D eigenvalue weighted by Gasteiger charge is 2.18. The number of nitrogens with zero attached hydrogens (tertiary/aromatic N) is 1. The molecule has 0 bridgehead atoms. The predicted molar refractivity (Wildman–Crippen MR) is 91.4 cm³/mol. The van der Waals surface area contributed by atoms with Gasteiger partial charge < -0.3 is 5.32 Å². The van der Waals surface area contributed by atoms with Crippen LogP contribution in [0.4, 0.5) is 0 Å². The van der Waals surface area contributed by atoms with Crippen LogP contribution in [0.1, 0.15) is 25.8 Å². The number of rotatable bonds is 8. The van der Waals surface area contributed by atoms with Crippen LogP contribution in [0.25, 0.3) is 0 Å². The molecule has 0 saturated heterocycles. The van der Waals surface area contributed by atoms with E-state index in [0.717, 1.165) is 12.0 Å². The van der Waals surface area contributed by atoms with Crippen LogP contribution in [-0.4, -0.2) is 44.5 Å². The van der Waals surface area contributed by atoms with Crippen molar-refractivity contribution in [2.24, 2.45) is 0 Å². The van der Waals surface area contributed by atoms with Crippen molar-refractivity contribution in [1.82, 2.24) is 9.62 Å². The quantitative estimate of drug-likeness (QED) is 0.784. The van der Waals surface area contributed by atoms with Gasteiger partial charge in [0.15, 0.2) is 0 Å². The fourth-order valence-corrected chi connectivity index (χ4v) is 3.52. The van der Waals surface area contributed by atoms with Gasteiger partial charge in [0.2, 0.25) is 15.9 Å². The molecule has 22 heavy (non-hydrogen) atoms. The van der Waals surface area contributed by atoms with E-state index in [4.69, 9.17) is 0 Å². The SMILES string of the molecule is CCCNC(=O)C(C)SCc1cccc(S(=O)(=O)N(C)C)c1. The Morgan fingerprint density at radius 2 is 2.05 bits per heavy atom. The first-order valence-electron chi connectivity index (χ1n) is 7.19. The van der Waals surface area contributed by atoms with E-state index in [1.165, 1.54) is 30.2 Å². The smallest absolute Gasteiger partial charge is 0.242 e. The lowest BCUT2D eigenvalue weighted by atomic mass is 10.2. The third-order valence-corrected chi connectivity index (χ3v) is 6.12. The molecule has 0 spiro atoms. The van der Waals surface area contributed by atoms with Gasteiger partial charge in [0, 0.05) is 26.4 Å². The fourth-order valence-electron chi connectivity index (χ4n) is 1.70. The summed E-state index contributed by atoms with van der Waals surface area (Å²) in [5, 5.41) is 2.69. The van der Waals surface area contributed by atoms with Crippen LogP contribution in [0, 0.1) is 0 Å². The molecule has 0 aliphatic carbocycles. The zero-order valence-corrected chi connectivity index (χ0v) is 15.1. The average molecular weight is 345 g/mol. The first-order valence-corrected chi connectivity index (χ1v) is 9.68. The second-order valence-electron chi connectivity index (χ2n) is 5.18. The summed E-state index contributed by atoms with van der Waals surface area (Å²) in [7, 11) is -0.400.